The van der Waals surface area contributed by atoms with Crippen molar-refractivity contribution in [1.82, 2.24) is 5.32 Å². The lowest BCUT2D eigenvalue weighted by Crippen LogP contribution is -2.13. The minimum absolute atomic E-state index is 0.711. The Hall–Kier alpha value is -1.71. The van der Waals surface area contributed by atoms with Crippen molar-refractivity contribution in [2.24, 2.45) is 0 Å². The lowest BCUT2D eigenvalue weighted by Gasteiger charge is -2.13. The number of hydrogen-bond acceptors (Lipinski definition) is 3. The molecule has 2 rings (SSSR count). The molecule has 0 fully saturated rings. The van der Waals surface area contributed by atoms with Crippen molar-refractivity contribution >= 4 is 11.6 Å². The zero-order chi connectivity index (χ0) is 14.4. The van der Waals surface area contributed by atoms with Crippen molar-refractivity contribution in [3.05, 3.63) is 58.6 Å². The molecule has 0 bridgehead atoms. The molecule has 20 heavy (non-hydrogen) atoms. The quantitative estimate of drug-likeness (QED) is 0.881. The molecular weight excluding hydrogens is 274 g/mol. The summed E-state index contributed by atoms with van der Waals surface area (Å²) < 4.78 is 10.7. The smallest absolute Gasteiger partial charge is 0.165 e. The van der Waals surface area contributed by atoms with Crippen LogP contribution in [-0.4, -0.2) is 14.2 Å². The molecule has 0 atom stereocenters. The first-order chi connectivity index (χ1) is 9.74. The third kappa shape index (κ3) is 3.65. The number of halogens is 1. The third-order valence-electron chi connectivity index (χ3n) is 3.04. The minimum atomic E-state index is 0.711. The monoisotopic (exact) mass is 291 g/mol. The Balaban J connectivity index is 1.98. The molecule has 0 aliphatic carbocycles. The Morgan fingerprint density at radius 3 is 2.35 bits per heavy atom. The fourth-order valence-corrected chi connectivity index (χ4v) is 2.16. The highest BCUT2D eigenvalue weighted by atomic mass is 35.5. The average Bonchev–Trinajstić information content (AvgIpc) is 2.49. The van der Waals surface area contributed by atoms with Crippen LogP contribution in [0.3, 0.4) is 0 Å². The Morgan fingerprint density at radius 1 is 0.950 bits per heavy atom. The Labute approximate surface area is 124 Å². The molecule has 0 radical (unpaired) electrons. The minimum Gasteiger partial charge on any atom is -0.493 e. The summed E-state index contributed by atoms with van der Waals surface area (Å²) in [5.74, 6) is 1.52. The van der Waals surface area contributed by atoms with Crippen LogP contribution in [0.2, 0.25) is 5.02 Å². The fraction of sp³-hybridized carbons (Fsp3) is 0.250. The summed E-state index contributed by atoms with van der Waals surface area (Å²) in [7, 11) is 3.29. The second-order valence-corrected chi connectivity index (χ2v) is 4.82. The normalized spacial score (nSPS) is 10.3. The van der Waals surface area contributed by atoms with E-state index in [2.05, 4.69) is 5.32 Å². The van der Waals surface area contributed by atoms with Gasteiger partial charge < -0.3 is 14.8 Å². The largest absolute Gasteiger partial charge is 0.493 e. The van der Waals surface area contributed by atoms with E-state index in [0.29, 0.717) is 6.54 Å². The molecule has 4 heteroatoms. The van der Waals surface area contributed by atoms with Crippen molar-refractivity contribution in [1.29, 1.82) is 0 Å². The molecule has 0 aromatic heterocycles. The van der Waals surface area contributed by atoms with Crippen molar-refractivity contribution < 1.29 is 9.47 Å². The molecule has 106 valence electrons. The van der Waals surface area contributed by atoms with E-state index in [1.807, 2.05) is 42.5 Å². The van der Waals surface area contributed by atoms with Crippen LogP contribution < -0.4 is 14.8 Å². The molecule has 0 unspecified atom stereocenters. The SMILES string of the molecule is COc1cccc(CNCc2ccc(Cl)cc2)c1OC. The molecule has 1 N–H and O–H groups in total. The lowest BCUT2D eigenvalue weighted by atomic mass is 10.1. The van der Waals surface area contributed by atoms with Crippen LogP contribution in [0.1, 0.15) is 11.1 Å². The van der Waals surface area contributed by atoms with E-state index in [1.54, 1.807) is 14.2 Å². The Bertz CT molecular complexity index is 555. The van der Waals surface area contributed by atoms with Crippen LogP contribution in [0.25, 0.3) is 0 Å². The van der Waals surface area contributed by atoms with Gasteiger partial charge in [0.1, 0.15) is 0 Å². The molecular formula is C16H18ClNO2. The lowest BCUT2D eigenvalue weighted by molar-refractivity contribution is 0.350. The molecule has 0 aliphatic heterocycles. The molecule has 0 heterocycles. The van der Waals surface area contributed by atoms with Gasteiger partial charge in [0, 0.05) is 23.7 Å². The second-order valence-electron chi connectivity index (χ2n) is 4.38. The predicted octanol–water partition coefficient (Wildman–Crippen LogP) is 3.65. The van der Waals surface area contributed by atoms with Gasteiger partial charge in [-0.2, -0.15) is 0 Å². The molecule has 0 saturated carbocycles. The second kappa shape index (κ2) is 7.17. The van der Waals surface area contributed by atoms with E-state index in [-0.39, 0.29) is 0 Å². The van der Waals surface area contributed by atoms with Crippen molar-refractivity contribution in [3.63, 3.8) is 0 Å². The standard InChI is InChI=1S/C16H18ClNO2/c1-19-15-5-3-4-13(16(15)20-2)11-18-10-12-6-8-14(17)9-7-12/h3-9,18H,10-11H2,1-2H3. The van der Waals surface area contributed by atoms with Gasteiger partial charge in [-0.3, -0.25) is 0 Å². The van der Waals surface area contributed by atoms with Crippen molar-refractivity contribution in [3.8, 4) is 11.5 Å². The summed E-state index contributed by atoms with van der Waals surface area (Å²) in [5.41, 5.74) is 2.26. The van der Waals surface area contributed by atoms with Crippen LogP contribution in [0.5, 0.6) is 11.5 Å². The van der Waals surface area contributed by atoms with Gasteiger partial charge in [0.05, 0.1) is 14.2 Å². The highest BCUT2D eigenvalue weighted by molar-refractivity contribution is 6.30. The number of para-hydroxylation sites is 1. The van der Waals surface area contributed by atoms with E-state index in [4.69, 9.17) is 21.1 Å². The summed E-state index contributed by atoms with van der Waals surface area (Å²) in [5, 5.41) is 4.14. The van der Waals surface area contributed by atoms with Crippen LogP contribution in [0.15, 0.2) is 42.5 Å². The number of hydrogen-bond donors (Lipinski definition) is 1. The van der Waals surface area contributed by atoms with Crippen molar-refractivity contribution in [2.75, 3.05) is 14.2 Å². The zero-order valence-electron chi connectivity index (χ0n) is 11.7. The summed E-state index contributed by atoms with van der Waals surface area (Å²) in [6, 6.07) is 13.7. The van der Waals surface area contributed by atoms with E-state index < -0.39 is 0 Å². The maximum Gasteiger partial charge on any atom is 0.165 e. The molecule has 0 spiro atoms. The number of benzene rings is 2. The predicted molar refractivity (Wildman–Crippen MR) is 81.5 cm³/mol. The highest BCUT2D eigenvalue weighted by Gasteiger charge is 2.08. The molecule has 2 aromatic carbocycles. The number of methoxy groups -OCH3 is 2. The van der Waals surface area contributed by atoms with Gasteiger partial charge in [-0.1, -0.05) is 35.9 Å². The zero-order valence-corrected chi connectivity index (χ0v) is 12.4. The van der Waals surface area contributed by atoms with Gasteiger partial charge >= 0.3 is 0 Å². The van der Waals surface area contributed by atoms with Crippen LogP contribution in [-0.2, 0) is 13.1 Å². The summed E-state index contributed by atoms with van der Waals surface area (Å²) in [6.07, 6.45) is 0. The molecule has 0 saturated heterocycles. The first-order valence-corrected chi connectivity index (χ1v) is 6.77. The molecule has 0 amide bonds. The van der Waals surface area contributed by atoms with E-state index in [0.717, 1.165) is 28.6 Å². The highest BCUT2D eigenvalue weighted by Crippen LogP contribution is 2.30. The number of nitrogens with one attached hydrogen (secondary N) is 1. The maximum atomic E-state index is 5.86. The van der Waals surface area contributed by atoms with Gasteiger partial charge in [0.2, 0.25) is 0 Å². The number of ether oxygens (including phenoxy) is 2. The van der Waals surface area contributed by atoms with Gasteiger partial charge in [-0.05, 0) is 23.8 Å². The fourth-order valence-electron chi connectivity index (χ4n) is 2.04. The van der Waals surface area contributed by atoms with Gasteiger partial charge in [0.25, 0.3) is 0 Å². The average molecular weight is 292 g/mol. The summed E-state index contributed by atoms with van der Waals surface area (Å²) in [6.45, 7) is 1.49. The Kier molecular flexibility index (Phi) is 5.27. The maximum absolute atomic E-state index is 5.86. The first kappa shape index (κ1) is 14.7. The first-order valence-electron chi connectivity index (χ1n) is 6.39. The Morgan fingerprint density at radius 2 is 1.70 bits per heavy atom. The van der Waals surface area contributed by atoms with E-state index in [9.17, 15) is 0 Å². The van der Waals surface area contributed by atoms with E-state index in [1.165, 1.54) is 5.56 Å². The third-order valence-corrected chi connectivity index (χ3v) is 3.29. The molecule has 3 nitrogen and oxygen atoms in total. The topological polar surface area (TPSA) is 30.5 Å². The van der Waals surface area contributed by atoms with Crippen LogP contribution in [0.4, 0.5) is 0 Å². The number of rotatable bonds is 6. The summed E-state index contributed by atoms with van der Waals surface area (Å²) >= 11 is 5.86. The van der Waals surface area contributed by atoms with Crippen LogP contribution >= 0.6 is 11.6 Å². The van der Waals surface area contributed by atoms with Gasteiger partial charge in [-0.15, -0.1) is 0 Å². The van der Waals surface area contributed by atoms with Gasteiger partial charge in [0.15, 0.2) is 11.5 Å². The van der Waals surface area contributed by atoms with Crippen LogP contribution in [0, 0.1) is 0 Å². The molecule has 2 aromatic rings. The molecule has 0 aliphatic rings. The summed E-state index contributed by atoms with van der Waals surface area (Å²) in [4.78, 5) is 0. The van der Waals surface area contributed by atoms with Crippen molar-refractivity contribution in [2.45, 2.75) is 13.1 Å². The van der Waals surface area contributed by atoms with Gasteiger partial charge in [-0.25, -0.2) is 0 Å². The van der Waals surface area contributed by atoms with E-state index >= 15 is 0 Å².